The molecule has 0 N–H and O–H groups in total. The van der Waals surface area contributed by atoms with Gasteiger partial charge in [0.05, 0.1) is 6.61 Å². The third-order valence-electron chi connectivity index (χ3n) is 2.67. The van der Waals surface area contributed by atoms with Crippen molar-refractivity contribution in [3.05, 3.63) is 12.2 Å². The van der Waals surface area contributed by atoms with E-state index in [0.717, 1.165) is 12.8 Å². The number of allylic oxidation sites excluding steroid dienone is 2. The predicted molar refractivity (Wildman–Crippen MR) is 66.5 cm³/mol. The quantitative estimate of drug-likeness (QED) is 0.342. The Kier molecular flexibility index (Phi) is 13.4. The van der Waals surface area contributed by atoms with Gasteiger partial charge < -0.3 is 0 Å². The van der Waals surface area contributed by atoms with Crippen molar-refractivity contribution < 1.29 is 5.11 Å². The predicted octanol–water partition coefficient (Wildman–Crippen LogP) is 4.89. The SMILES string of the molecule is CC/C=C/CCCCCCCCCC[O]. The Morgan fingerprint density at radius 3 is 1.80 bits per heavy atom. The molecule has 15 heavy (non-hydrogen) atoms. The van der Waals surface area contributed by atoms with Gasteiger partial charge >= 0.3 is 0 Å². The van der Waals surface area contributed by atoms with Crippen LogP contribution in [0.3, 0.4) is 0 Å². The minimum atomic E-state index is 0.115. The van der Waals surface area contributed by atoms with Crippen LogP contribution in [0.25, 0.3) is 0 Å². The zero-order valence-corrected chi connectivity index (χ0v) is 10.3. The van der Waals surface area contributed by atoms with Crippen LogP contribution in [0.1, 0.15) is 71.1 Å². The van der Waals surface area contributed by atoms with Crippen LogP contribution in [-0.2, 0) is 5.11 Å². The van der Waals surface area contributed by atoms with E-state index in [4.69, 9.17) is 0 Å². The van der Waals surface area contributed by atoms with Crippen molar-refractivity contribution in [2.75, 3.05) is 6.61 Å². The van der Waals surface area contributed by atoms with Gasteiger partial charge in [-0.3, -0.25) is 0 Å². The van der Waals surface area contributed by atoms with Gasteiger partial charge in [0.2, 0.25) is 0 Å². The lowest BCUT2D eigenvalue weighted by Crippen LogP contribution is -1.83. The van der Waals surface area contributed by atoms with Crippen molar-refractivity contribution in [3.63, 3.8) is 0 Å². The molecule has 0 aromatic carbocycles. The molecule has 1 heteroatoms. The van der Waals surface area contributed by atoms with E-state index >= 15 is 0 Å². The average molecular weight is 211 g/mol. The van der Waals surface area contributed by atoms with E-state index in [1.54, 1.807) is 0 Å². The van der Waals surface area contributed by atoms with E-state index in [-0.39, 0.29) is 6.61 Å². The third-order valence-corrected chi connectivity index (χ3v) is 2.67. The molecular formula is C14H27O. The lowest BCUT2D eigenvalue weighted by atomic mass is 10.1. The summed E-state index contributed by atoms with van der Waals surface area (Å²) in [6, 6.07) is 0. The Bertz CT molecular complexity index is 129. The second-order valence-electron chi connectivity index (χ2n) is 4.20. The molecule has 0 spiro atoms. The summed E-state index contributed by atoms with van der Waals surface area (Å²) in [4.78, 5) is 0. The number of hydrogen-bond donors (Lipinski definition) is 0. The minimum Gasteiger partial charge on any atom is -0.237 e. The summed E-state index contributed by atoms with van der Waals surface area (Å²) in [6.07, 6.45) is 17.0. The van der Waals surface area contributed by atoms with Gasteiger partial charge in [0, 0.05) is 0 Å². The Morgan fingerprint density at radius 2 is 1.27 bits per heavy atom. The van der Waals surface area contributed by atoms with E-state index in [0.29, 0.717) is 0 Å². The molecule has 1 radical (unpaired) electrons. The number of unbranched alkanes of at least 4 members (excludes halogenated alkanes) is 8. The largest absolute Gasteiger partial charge is 0.237 e. The highest BCUT2D eigenvalue weighted by Gasteiger charge is 1.91. The van der Waals surface area contributed by atoms with Crippen LogP contribution in [-0.4, -0.2) is 6.61 Å². The first kappa shape index (κ1) is 14.7. The smallest absolute Gasteiger partial charge is 0.0822 e. The highest BCUT2D eigenvalue weighted by Crippen LogP contribution is 2.09. The van der Waals surface area contributed by atoms with Gasteiger partial charge in [0.1, 0.15) is 0 Å². The second kappa shape index (κ2) is 13.7. The molecule has 0 aromatic heterocycles. The first-order valence-electron chi connectivity index (χ1n) is 6.65. The maximum atomic E-state index is 10.2. The van der Waals surface area contributed by atoms with E-state index in [9.17, 15) is 5.11 Å². The highest BCUT2D eigenvalue weighted by atomic mass is 16.2. The van der Waals surface area contributed by atoms with Gasteiger partial charge in [-0.25, -0.2) is 5.11 Å². The van der Waals surface area contributed by atoms with Crippen LogP contribution >= 0.6 is 0 Å². The topological polar surface area (TPSA) is 19.9 Å². The summed E-state index contributed by atoms with van der Waals surface area (Å²) in [5.74, 6) is 0. The van der Waals surface area contributed by atoms with Crippen molar-refractivity contribution in [2.24, 2.45) is 0 Å². The Labute approximate surface area is 95.6 Å². The van der Waals surface area contributed by atoms with Crippen molar-refractivity contribution in [2.45, 2.75) is 71.1 Å². The zero-order chi connectivity index (χ0) is 11.2. The maximum absolute atomic E-state index is 10.2. The lowest BCUT2D eigenvalue weighted by Gasteiger charge is -2.00. The van der Waals surface area contributed by atoms with Crippen LogP contribution < -0.4 is 0 Å². The molecule has 89 valence electrons. The van der Waals surface area contributed by atoms with E-state index in [1.807, 2.05) is 0 Å². The summed E-state index contributed by atoms with van der Waals surface area (Å²) in [5, 5.41) is 10.2. The third kappa shape index (κ3) is 13.7. The van der Waals surface area contributed by atoms with Gasteiger partial charge in [-0.2, -0.15) is 0 Å². The van der Waals surface area contributed by atoms with Crippen LogP contribution in [0.5, 0.6) is 0 Å². The number of rotatable bonds is 11. The lowest BCUT2D eigenvalue weighted by molar-refractivity contribution is 0.186. The first-order valence-corrected chi connectivity index (χ1v) is 6.65. The molecule has 0 unspecified atom stereocenters. The highest BCUT2D eigenvalue weighted by molar-refractivity contribution is 4.79. The second-order valence-corrected chi connectivity index (χ2v) is 4.20. The standard InChI is InChI=1S/C14H27O/c1-2-3-4-5-6-7-8-9-10-11-12-13-14-15/h3-4H,2,5-14H2,1H3/b4-3+. The Balaban J connectivity index is 2.89. The normalized spacial score (nSPS) is 11.3. The van der Waals surface area contributed by atoms with Gasteiger partial charge in [-0.15, -0.1) is 0 Å². The van der Waals surface area contributed by atoms with Crippen LogP contribution in [0.15, 0.2) is 12.2 Å². The fourth-order valence-corrected chi connectivity index (χ4v) is 1.71. The van der Waals surface area contributed by atoms with Crippen LogP contribution in [0.2, 0.25) is 0 Å². The van der Waals surface area contributed by atoms with Gasteiger partial charge in [0.25, 0.3) is 0 Å². The van der Waals surface area contributed by atoms with Crippen LogP contribution in [0, 0.1) is 0 Å². The monoisotopic (exact) mass is 211 g/mol. The van der Waals surface area contributed by atoms with Gasteiger partial charge in [-0.1, -0.05) is 57.6 Å². The number of hydrogen-bond acceptors (Lipinski definition) is 0. The molecule has 0 aliphatic rings. The fourth-order valence-electron chi connectivity index (χ4n) is 1.71. The van der Waals surface area contributed by atoms with E-state index in [1.165, 1.54) is 51.4 Å². The Hall–Kier alpha value is -0.300. The molecule has 0 saturated carbocycles. The molecule has 0 aliphatic heterocycles. The van der Waals surface area contributed by atoms with Gasteiger partial charge in [0.15, 0.2) is 0 Å². The van der Waals surface area contributed by atoms with Crippen LogP contribution in [0.4, 0.5) is 0 Å². The zero-order valence-electron chi connectivity index (χ0n) is 10.3. The summed E-state index contributed by atoms with van der Waals surface area (Å²) in [6.45, 7) is 2.29. The molecule has 0 amide bonds. The summed E-state index contributed by atoms with van der Waals surface area (Å²) >= 11 is 0. The fraction of sp³-hybridized carbons (Fsp3) is 0.857. The maximum Gasteiger partial charge on any atom is 0.0822 e. The molecule has 0 saturated heterocycles. The van der Waals surface area contributed by atoms with Crippen molar-refractivity contribution in [1.29, 1.82) is 0 Å². The molecule has 1 nitrogen and oxygen atoms in total. The minimum absolute atomic E-state index is 0.115. The van der Waals surface area contributed by atoms with Crippen molar-refractivity contribution in [3.8, 4) is 0 Å². The molecule has 0 bridgehead atoms. The Morgan fingerprint density at radius 1 is 0.733 bits per heavy atom. The summed E-state index contributed by atoms with van der Waals surface area (Å²) in [5.41, 5.74) is 0. The molecule has 0 aliphatic carbocycles. The molecule has 0 rings (SSSR count). The molecular weight excluding hydrogens is 184 g/mol. The van der Waals surface area contributed by atoms with Crippen molar-refractivity contribution >= 4 is 0 Å². The summed E-state index contributed by atoms with van der Waals surface area (Å²) < 4.78 is 0. The molecule has 0 heterocycles. The molecule has 0 aromatic rings. The molecule has 0 atom stereocenters. The first-order chi connectivity index (χ1) is 7.41. The van der Waals surface area contributed by atoms with Gasteiger partial charge in [-0.05, 0) is 25.7 Å². The average Bonchev–Trinajstić information content (AvgIpc) is 2.26. The molecule has 0 fully saturated rings. The van der Waals surface area contributed by atoms with E-state index < -0.39 is 0 Å². The summed E-state index contributed by atoms with van der Waals surface area (Å²) in [7, 11) is 0. The van der Waals surface area contributed by atoms with E-state index in [2.05, 4.69) is 19.1 Å². The van der Waals surface area contributed by atoms with Crippen molar-refractivity contribution in [1.82, 2.24) is 0 Å².